The van der Waals surface area contributed by atoms with Gasteiger partial charge < -0.3 is 5.73 Å². The van der Waals surface area contributed by atoms with Crippen LogP contribution in [0.5, 0.6) is 0 Å². The highest BCUT2D eigenvalue weighted by molar-refractivity contribution is 5.31. The van der Waals surface area contributed by atoms with Crippen molar-refractivity contribution in [3.8, 4) is 0 Å². The van der Waals surface area contributed by atoms with Gasteiger partial charge in [0.25, 0.3) is 0 Å². The quantitative estimate of drug-likeness (QED) is 0.866. The van der Waals surface area contributed by atoms with Crippen molar-refractivity contribution in [3.63, 3.8) is 0 Å². The predicted octanol–water partition coefficient (Wildman–Crippen LogP) is 3.06. The first-order valence-corrected chi connectivity index (χ1v) is 6.94. The van der Waals surface area contributed by atoms with Crippen LogP contribution in [-0.4, -0.2) is 9.97 Å². The van der Waals surface area contributed by atoms with E-state index in [0.29, 0.717) is 11.7 Å². The maximum absolute atomic E-state index is 5.86. The lowest BCUT2D eigenvalue weighted by atomic mass is 10.0. The molecule has 0 bridgehead atoms. The zero-order valence-electron chi connectivity index (χ0n) is 10.4. The minimum absolute atomic E-state index is 0.601. The third kappa shape index (κ3) is 2.76. The van der Waals surface area contributed by atoms with Crippen molar-refractivity contribution in [3.05, 3.63) is 17.6 Å². The van der Waals surface area contributed by atoms with E-state index in [-0.39, 0.29) is 0 Å². The summed E-state index contributed by atoms with van der Waals surface area (Å²) >= 11 is 0. The van der Waals surface area contributed by atoms with Gasteiger partial charge in [-0.1, -0.05) is 25.7 Å². The van der Waals surface area contributed by atoms with Crippen LogP contribution in [0.3, 0.4) is 0 Å². The van der Waals surface area contributed by atoms with Crippen molar-refractivity contribution in [2.24, 2.45) is 5.92 Å². The predicted molar refractivity (Wildman–Crippen MR) is 68.7 cm³/mol. The maximum atomic E-state index is 5.86. The summed E-state index contributed by atoms with van der Waals surface area (Å²) in [6.07, 6.45) is 10.5. The lowest BCUT2D eigenvalue weighted by molar-refractivity contribution is 0.500. The molecular weight excluding hydrogens is 210 g/mol. The Kier molecular flexibility index (Phi) is 3.00. The Morgan fingerprint density at radius 2 is 1.88 bits per heavy atom. The second-order valence-corrected chi connectivity index (χ2v) is 5.61. The summed E-state index contributed by atoms with van der Waals surface area (Å²) in [5.41, 5.74) is 7.02. The molecule has 3 heteroatoms. The molecule has 17 heavy (non-hydrogen) atoms. The van der Waals surface area contributed by atoms with Gasteiger partial charge in [-0.15, -0.1) is 0 Å². The molecule has 0 aromatic carbocycles. The third-order valence-corrected chi connectivity index (χ3v) is 4.04. The van der Waals surface area contributed by atoms with Crippen LogP contribution in [0.2, 0.25) is 0 Å². The van der Waals surface area contributed by atoms with Gasteiger partial charge >= 0.3 is 0 Å². The van der Waals surface area contributed by atoms with E-state index in [0.717, 1.165) is 23.9 Å². The molecule has 0 saturated heterocycles. The topological polar surface area (TPSA) is 51.8 Å². The van der Waals surface area contributed by atoms with Gasteiger partial charge in [-0.25, -0.2) is 9.97 Å². The molecule has 1 aromatic heterocycles. The van der Waals surface area contributed by atoms with Crippen molar-refractivity contribution in [2.75, 3.05) is 5.73 Å². The lowest BCUT2D eigenvalue weighted by Crippen LogP contribution is -2.04. The molecule has 0 atom stereocenters. The summed E-state index contributed by atoms with van der Waals surface area (Å²) in [6, 6.07) is 1.96. The first kappa shape index (κ1) is 11.0. The van der Waals surface area contributed by atoms with Gasteiger partial charge in [0.15, 0.2) is 0 Å². The molecule has 2 fully saturated rings. The van der Waals surface area contributed by atoms with Crippen LogP contribution in [0.25, 0.3) is 0 Å². The second-order valence-electron chi connectivity index (χ2n) is 5.61. The van der Waals surface area contributed by atoms with Crippen LogP contribution in [0, 0.1) is 5.92 Å². The Morgan fingerprint density at radius 3 is 2.59 bits per heavy atom. The molecule has 2 aliphatic carbocycles. The number of nitrogen functional groups attached to an aromatic ring is 1. The highest BCUT2D eigenvalue weighted by Crippen LogP contribution is 2.38. The summed E-state index contributed by atoms with van der Waals surface area (Å²) in [5, 5.41) is 0. The van der Waals surface area contributed by atoms with Crippen LogP contribution in [0.4, 0.5) is 5.82 Å². The standard InChI is InChI=1S/C14H21N3/c15-13-9-12(8-5-10-3-1-2-4-10)16-14(17-13)11-6-7-11/h9-11H,1-8H2,(H2,15,16,17). The largest absolute Gasteiger partial charge is 0.384 e. The van der Waals surface area contributed by atoms with Gasteiger partial charge in [0, 0.05) is 17.7 Å². The molecular formula is C14H21N3. The average molecular weight is 231 g/mol. The van der Waals surface area contributed by atoms with E-state index in [9.17, 15) is 0 Å². The molecule has 1 heterocycles. The SMILES string of the molecule is Nc1cc(CCC2CCCC2)nc(C2CC2)n1. The van der Waals surface area contributed by atoms with Crippen molar-refractivity contribution in [1.29, 1.82) is 0 Å². The number of nitrogens with zero attached hydrogens (tertiary/aromatic N) is 2. The van der Waals surface area contributed by atoms with Gasteiger partial charge in [0.05, 0.1) is 0 Å². The van der Waals surface area contributed by atoms with Crippen LogP contribution >= 0.6 is 0 Å². The van der Waals surface area contributed by atoms with Gasteiger partial charge in [-0.2, -0.15) is 0 Å². The Bertz CT molecular complexity index is 392. The molecule has 0 amide bonds. The fourth-order valence-electron chi connectivity index (χ4n) is 2.84. The second kappa shape index (κ2) is 4.63. The maximum Gasteiger partial charge on any atom is 0.134 e. The molecule has 2 N–H and O–H groups in total. The van der Waals surface area contributed by atoms with Crippen LogP contribution < -0.4 is 5.73 Å². The lowest BCUT2D eigenvalue weighted by Gasteiger charge is -2.09. The highest BCUT2D eigenvalue weighted by atomic mass is 15.0. The number of anilines is 1. The fourth-order valence-corrected chi connectivity index (χ4v) is 2.84. The zero-order valence-corrected chi connectivity index (χ0v) is 10.4. The first-order valence-electron chi connectivity index (χ1n) is 6.94. The van der Waals surface area contributed by atoms with E-state index < -0.39 is 0 Å². The molecule has 0 unspecified atom stereocenters. The molecule has 2 aliphatic rings. The van der Waals surface area contributed by atoms with Gasteiger partial charge in [0.1, 0.15) is 11.6 Å². The van der Waals surface area contributed by atoms with Crippen molar-refractivity contribution in [2.45, 2.75) is 57.3 Å². The van der Waals surface area contributed by atoms with Crippen LogP contribution in [0.1, 0.15) is 62.4 Å². The van der Waals surface area contributed by atoms with E-state index in [2.05, 4.69) is 9.97 Å². The monoisotopic (exact) mass is 231 g/mol. The summed E-state index contributed by atoms with van der Waals surface area (Å²) in [5.74, 6) is 3.18. The minimum Gasteiger partial charge on any atom is -0.384 e. The average Bonchev–Trinajstić information content (AvgIpc) is 3.04. The molecule has 2 saturated carbocycles. The minimum atomic E-state index is 0.601. The smallest absolute Gasteiger partial charge is 0.134 e. The Labute approximate surface area is 103 Å². The number of nitrogens with two attached hydrogens (primary N) is 1. The third-order valence-electron chi connectivity index (χ3n) is 4.04. The number of aryl methyl sites for hydroxylation is 1. The zero-order chi connectivity index (χ0) is 11.7. The van der Waals surface area contributed by atoms with E-state index in [4.69, 9.17) is 5.73 Å². The van der Waals surface area contributed by atoms with Crippen molar-refractivity contribution < 1.29 is 0 Å². The highest BCUT2D eigenvalue weighted by Gasteiger charge is 2.27. The summed E-state index contributed by atoms with van der Waals surface area (Å²) < 4.78 is 0. The molecule has 0 radical (unpaired) electrons. The number of aromatic nitrogens is 2. The number of hydrogen-bond acceptors (Lipinski definition) is 3. The van der Waals surface area contributed by atoms with Crippen molar-refractivity contribution in [1.82, 2.24) is 9.97 Å². The summed E-state index contributed by atoms with van der Waals surface area (Å²) in [7, 11) is 0. The van der Waals surface area contributed by atoms with E-state index in [1.54, 1.807) is 0 Å². The molecule has 1 aromatic rings. The van der Waals surface area contributed by atoms with Gasteiger partial charge in [-0.3, -0.25) is 0 Å². The van der Waals surface area contributed by atoms with Gasteiger partial charge in [0.2, 0.25) is 0 Å². The molecule has 92 valence electrons. The molecule has 0 aliphatic heterocycles. The first-order chi connectivity index (χ1) is 8.31. The molecule has 3 nitrogen and oxygen atoms in total. The van der Waals surface area contributed by atoms with E-state index in [1.807, 2.05) is 6.07 Å². The normalized spacial score (nSPS) is 20.9. The Balaban J connectivity index is 1.64. The van der Waals surface area contributed by atoms with Crippen LogP contribution in [0.15, 0.2) is 6.07 Å². The van der Waals surface area contributed by atoms with Crippen molar-refractivity contribution >= 4 is 5.82 Å². The summed E-state index contributed by atoms with van der Waals surface area (Å²) in [4.78, 5) is 9.01. The van der Waals surface area contributed by atoms with Gasteiger partial charge in [-0.05, 0) is 31.6 Å². The fraction of sp³-hybridized carbons (Fsp3) is 0.714. The molecule has 3 rings (SSSR count). The Hall–Kier alpha value is -1.12. The molecule has 0 spiro atoms. The summed E-state index contributed by atoms with van der Waals surface area (Å²) in [6.45, 7) is 0. The Morgan fingerprint density at radius 1 is 1.12 bits per heavy atom. The van der Waals surface area contributed by atoms with Crippen LogP contribution in [-0.2, 0) is 6.42 Å². The van der Waals surface area contributed by atoms with E-state index >= 15 is 0 Å². The number of rotatable bonds is 4. The number of hydrogen-bond donors (Lipinski definition) is 1. The van der Waals surface area contributed by atoms with E-state index in [1.165, 1.54) is 44.9 Å².